The van der Waals surface area contributed by atoms with Crippen LogP contribution < -0.4 is 5.32 Å². The number of nitrogens with zero attached hydrogens (tertiary/aromatic N) is 2. The quantitative estimate of drug-likeness (QED) is 0.200. The van der Waals surface area contributed by atoms with Crippen LogP contribution in [0.3, 0.4) is 0 Å². The summed E-state index contributed by atoms with van der Waals surface area (Å²) in [5.41, 5.74) is 0. The molecular weight excluding hydrogens is 362 g/mol. The highest BCUT2D eigenvalue weighted by atomic mass is 16.5. The molecule has 1 heterocycles. The molecule has 1 rings (SSSR count). The molecule has 1 saturated heterocycles. The number of unbranched alkanes of at least 4 members (excludes halogenated alkanes) is 15. The van der Waals surface area contributed by atoms with Crippen LogP contribution in [0.15, 0.2) is 0 Å². The summed E-state index contributed by atoms with van der Waals surface area (Å²) in [5.74, 6) is 0. The number of rotatable bonds is 20. The lowest BCUT2D eigenvalue weighted by molar-refractivity contribution is -0.122. The minimum atomic E-state index is -1.24. The summed E-state index contributed by atoms with van der Waals surface area (Å²) in [5, 5.41) is 26.5. The van der Waals surface area contributed by atoms with Crippen LogP contribution in [0.5, 0.6) is 0 Å². The van der Waals surface area contributed by atoms with Crippen molar-refractivity contribution in [2.24, 2.45) is 0 Å². The van der Waals surface area contributed by atoms with Crippen molar-refractivity contribution < 1.29 is 10.2 Å². The number of aliphatic hydroxyl groups excluding tert-OH is 1. The molecule has 1 aliphatic heterocycles. The molecule has 0 aliphatic carbocycles. The minimum absolute atomic E-state index is 0.332. The molecule has 0 bridgehead atoms. The van der Waals surface area contributed by atoms with Gasteiger partial charge in [0.1, 0.15) is 0 Å². The van der Waals surface area contributed by atoms with Crippen molar-refractivity contribution >= 4 is 0 Å². The Hall–Kier alpha value is -0.200. The number of hydrazine groups is 1. The lowest BCUT2D eigenvalue weighted by Gasteiger charge is -2.38. The van der Waals surface area contributed by atoms with Crippen LogP contribution in [0.4, 0.5) is 0 Å². The second kappa shape index (κ2) is 19.7. The number of nitrogens with one attached hydrogen (secondary N) is 1. The van der Waals surface area contributed by atoms with E-state index in [1.807, 2.05) is 0 Å². The van der Waals surface area contributed by atoms with Gasteiger partial charge in [-0.15, -0.1) is 0 Å². The molecule has 0 saturated carbocycles. The molecule has 0 radical (unpaired) electrons. The standard InChI is InChI=1S/C24H51N3O2/c1-2-3-4-5-6-7-8-9-10-11-12-13-14-15-16-17-20-27(23-24(28)29)26-21-18-25-19-22-26/h24-25,28-29H,2-23H2,1H3. The minimum Gasteiger partial charge on any atom is -0.367 e. The Morgan fingerprint density at radius 2 is 1.10 bits per heavy atom. The van der Waals surface area contributed by atoms with Crippen molar-refractivity contribution in [2.75, 3.05) is 39.3 Å². The number of hydrogen-bond donors (Lipinski definition) is 3. The fraction of sp³-hybridized carbons (Fsp3) is 1.00. The Bertz CT molecular complexity index is 336. The van der Waals surface area contributed by atoms with Gasteiger partial charge in [0.25, 0.3) is 0 Å². The largest absolute Gasteiger partial charge is 0.367 e. The zero-order valence-corrected chi connectivity index (χ0v) is 19.4. The van der Waals surface area contributed by atoms with Crippen LogP contribution in [0.2, 0.25) is 0 Å². The molecular formula is C24H51N3O2. The third-order valence-electron chi connectivity index (χ3n) is 6.14. The van der Waals surface area contributed by atoms with E-state index in [0.29, 0.717) is 6.54 Å². The zero-order valence-electron chi connectivity index (χ0n) is 19.4. The van der Waals surface area contributed by atoms with Gasteiger partial charge >= 0.3 is 0 Å². The SMILES string of the molecule is CCCCCCCCCCCCCCCCCCN(CC(O)O)N1CCNCC1. The van der Waals surface area contributed by atoms with Gasteiger partial charge in [-0.3, -0.25) is 0 Å². The smallest absolute Gasteiger partial charge is 0.165 e. The van der Waals surface area contributed by atoms with Gasteiger partial charge in [0.15, 0.2) is 6.29 Å². The molecule has 0 aromatic carbocycles. The maximum atomic E-state index is 9.36. The average Bonchev–Trinajstić information content (AvgIpc) is 2.73. The van der Waals surface area contributed by atoms with E-state index in [1.165, 1.54) is 96.3 Å². The monoisotopic (exact) mass is 413 g/mol. The maximum absolute atomic E-state index is 9.36. The molecule has 0 unspecified atom stereocenters. The Kier molecular flexibility index (Phi) is 18.3. The van der Waals surface area contributed by atoms with Crippen LogP contribution in [0.1, 0.15) is 110 Å². The Balaban J connectivity index is 1.87. The van der Waals surface area contributed by atoms with Gasteiger partial charge in [-0.2, -0.15) is 0 Å². The number of piperazine rings is 1. The normalized spacial score (nSPS) is 15.6. The Labute approximate surface area is 181 Å². The van der Waals surface area contributed by atoms with E-state index in [9.17, 15) is 10.2 Å². The molecule has 29 heavy (non-hydrogen) atoms. The van der Waals surface area contributed by atoms with E-state index in [2.05, 4.69) is 22.3 Å². The first-order valence-corrected chi connectivity index (χ1v) is 12.8. The van der Waals surface area contributed by atoms with E-state index in [-0.39, 0.29) is 0 Å². The van der Waals surface area contributed by atoms with Gasteiger partial charge in [-0.1, -0.05) is 103 Å². The Morgan fingerprint density at radius 3 is 1.52 bits per heavy atom. The van der Waals surface area contributed by atoms with Gasteiger partial charge in [0.05, 0.1) is 6.54 Å². The molecule has 1 aliphatic rings. The molecule has 1 fully saturated rings. The lowest BCUT2D eigenvalue weighted by Crippen LogP contribution is -2.54. The van der Waals surface area contributed by atoms with Crippen molar-refractivity contribution in [3.05, 3.63) is 0 Å². The second-order valence-electron chi connectivity index (χ2n) is 8.90. The predicted octanol–water partition coefficient (Wildman–Crippen LogP) is 4.68. The first kappa shape index (κ1) is 26.8. The molecule has 174 valence electrons. The zero-order chi connectivity index (χ0) is 21.0. The first-order chi connectivity index (χ1) is 14.2. The average molecular weight is 414 g/mol. The van der Waals surface area contributed by atoms with Gasteiger partial charge in [-0.05, 0) is 6.42 Å². The third-order valence-corrected chi connectivity index (χ3v) is 6.14. The lowest BCUT2D eigenvalue weighted by atomic mass is 10.0. The van der Waals surface area contributed by atoms with Crippen LogP contribution >= 0.6 is 0 Å². The third kappa shape index (κ3) is 16.2. The highest BCUT2D eigenvalue weighted by molar-refractivity contribution is 4.67. The van der Waals surface area contributed by atoms with Crippen molar-refractivity contribution in [3.8, 4) is 0 Å². The van der Waals surface area contributed by atoms with E-state index in [4.69, 9.17) is 0 Å². The highest BCUT2D eigenvalue weighted by Gasteiger charge is 2.19. The van der Waals surface area contributed by atoms with Crippen molar-refractivity contribution in [2.45, 2.75) is 116 Å². The van der Waals surface area contributed by atoms with Crippen molar-refractivity contribution in [1.82, 2.24) is 15.3 Å². The summed E-state index contributed by atoms with van der Waals surface area (Å²) in [6, 6.07) is 0. The van der Waals surface area contributed by atoms with Crippen LogP contribution in [0, 0.1) is 0 Å². The Morgan fingerprint density at radius 1 is 0.690 bits per heavy atom. The van der Waals surface area contributed by atoms with E-state index in [0.717, 1.165) is 39.1 Å². The van der Waals surface area contributed by atoms with E-state index < -0.39 is 6.29 Å². The molecule has 5 nitrogen and oxygen atoms in total. The van der Waals surface area contributed by atoms with Crippen molar-refractivity contribution in [3.63, 3.8) is 0 Å². The van der Waals surface area contributed by atoms with E-state index in [1.54, 1.807) is 0 Å². The summed E-state index contributed by atoms with van der Waals surface area (Å²) in [6.07, 6.45) is 20.9. The summed E-state index contributed by atoms with van der Waals surface area (Å²) in [7, 11) is 0. The summed E-state index contributed by atoms with van der Waals surface area (Å²) in [4.78, 5) is 0. The topological polar surface area (TPSA) is 59.0 Å². The molecule has 0 spiro atoms. The van der Waals surface area contributed by atoms with Gasteiger partial charge < -0.3 is 15.5 Å². The fourth-order valence-corrected chi connectivity index (χ4v) is 4.31. The van der Waals surface area contributed by atoms with Crippen molar-refractivity contribution in [1.29, 1.82) is 0 Å². The van der Waals surface area contributed by atoms with Crippen LogP contribution in [-0.4, -0.2) is 65.8 Å². The number of hydrogen-bond acceptors (Lipinski definition) is 5. The second-order valence-corrected chi connectivity index (χ2v) is 8.90. The highest BCUT2D eigenvalue weighted by Crippen LogP contribution is 2.14. The van der Waals surface area contributed by atoms with Gasteiger partial charge in [-0.25, -0.2) is 10.0 Å². The maximum Gasteiger partial charge on any atom is 0.165 e. The van der Waals surface area contributed by atoms with Gasteiger partial charge in [0.2, 0.25) is 0 Å². The van der Waals surface area contributed by atoms with E-state index >= 15 is 0 Å². The molecule has 0 atom stereocenters. The van der Waals surface area contributed by atoms with Crippen LogP contribution in [-0.2, 0) is 0 Å². The molecule has 0 amide bonds. The molecule has 5 heteroatoms. The predicted molar refractivity (Wildman–Crippen MR) is 124 cm³/mol. The molecule has 3 N–H and O–H groups in total. The summed E-state index contributed by atoms with van der Waals surface area (Å²) >= 11 is 0. The fourth-order valence-electron chi connectivity index (χ4n) is 4.31. The summed E-state index contributed by atoms with van der Waals surface area (Å²) in [6.45, 7) is 7.45. The first-order valence-electron chi connectivity index (χ1n) is 12.8. The summed E-state index contributed by atoms with van der Waals surface area (Å²) < 4.78 is 0. The van der Waals surface area contributed by atoms with Crippen LogP contribution in [0.25, 0.3) is 0 Å². The molecule has 0 aromatic rings. The number of aliphatic hydroxyl groups is 2. The molecule has 0 aromatic heterocycles. The van der Waals surface area contributed by atoms with Gasteiger partial charge in [0, 0.05) is 32.7 Å².